The van der Waals surface area contributed by atoms with Gasteiger partial charge in [-0.1, -0.05) is 26.0 Å². The van der Waals surface area contributed by atoms with Crippen LogP contribution in [0.1, 0.15) is 33.1 Å². The molecule has 2 atom stereocenters. The third-order valence-electron chi connectivity index (χ3n) is 3.03. The van der Waals surface area contributed by atoms with Crippen molar-refractivity contribution in [2.75, 3.05) is 0 Å². The van der Waals surface area contributed by atoms with Crippen LogP contribution >= 0.6 is 0 Å². The van der Waals surface area contributed by atoms with Crippen molar-refractivity contribution in [2.24, 2.45) is 11.3 Å². The second-order valence-corrected chi connectivity index (χ2v) is 4.98. The highest BCUT2D eigenvalue weighted by Gasteiger charge is 2.47. The summed E-state index contributed by atoms with van der Waals surface area (Å²) >= 11 is 0. The molecule has 1 aliphatic rings. The Hall–Kier alpha value is -0.560. The molecule has 0 heterocycles. The first-order chi connectivity index (χ1) is 5.93. The zero-order valence-corrected chi connectivity index (χ0v) is 8.71. The van der Waals surface area contributed by atoms with E-state index in [4.69, 9.17) is 0 Å². The van der Waals surface area contributed by atoms with Gasteiger partial charge in [-0.3, -0.25) is 0 Å². The first kappa shape index (κ1) is 10.5. The molecule has 0 radical (unpaired) electrons. The molecule has 0 aromatic carbocycles. The molecule has 1 nitrogen and oxygen atoms in total. The summed E-state index contributed by atoms with van der Waals surface area (Å²) in [7, 11) is 0. The van der Waals surface area contributed by atoms with Gasteiger partial charge in [0.15, 0.2) is 0 Å². The summed E-state index contributed by atoms with van der Waals surface area (Å²) in [4.78, 5) is 0. The Morgan fingerprint density at radius 3 is 2.54 bits per heavy atom. The van der Waals surface area contributed by atoms with E-state index in [-0.39, 0.29) is 11.3 Å². The molecule has 1 aliphatic carbocycles. The van der Waals surface area contributed by atoms with Crippen LogP contribution in [-0.4, -0.2) is 10.7 Å². The van der Waals surface area contributed by atoms with Crippen LogP contribution in [0.15, 0.2) is 25.3 Å². The lowest BCUT2D eigenvalue weighted by Gasteiger charge is -2.27. The van der Waals surface area contributed by atoms with Crippen LogP contribution in [-0.2, 0) is 0 Å². The molecule has 13 heavy (non-hydrogen) atoms. The molecule has 1 rings (SSSR count). The molecule has 1 N–H and O–H groups in total. The van der Waals surface area contributed by atoms with Gasteiger partial charge in [-0.25, -0.2) is 0 Å². The van der Waals surface area contributed by atoms with Crippen molar-refractivity contribution in [3.8, 4) is 0 Å². The molecule has 0 aromatic rings. The largest absolute Gasteiger partial charge is 0.389 e. The van der Waals surface area contributed by atoms with Crippen LogP contribution in [0, 0.1) is 11.3 Å². The quantitative estimate of drug-likeness (QED) is 0.662. The monoisotopic (exact) mass is 180 g/mol. The Balaban J connectivity index is 2.84. The fourth-order valence-corrected chi connectivity index (χ4v) is 2.59. The Labute approximate surface area is 81.2 Å². The van der Waals surface area contributed by atoms with Gasteiger partial charge in [-0.05, 0) is 24.7 Å². The standard InChI is InChI=1S/C12H20O/c1-5-7-12(13)9-11(3,4)8-10(12)6-2/h5-6,10,13H,1-2,7-9H2,3-4H3. The lowest BCUT2D eigenvalue weighted by Crippen LogP contribution is -2.31. The molecule has 1 saturated carbocycles. The van der Waals surface area contributed by atoms with Gasteiger partial charge in [-0.15, -0.1) is 13.2 Å². The maximum Gasteiger partial charge on any atom is 0.0749 e. The minimum atomic E-state index is -0.590. The van der Waals surface area contributed by atoms with Gasteiger partial charge < -0.3 is 5.11 Å². The van der Waals surface area contributed by atoms with Gasteiger partial charge in [0.25, 0.3) is 0 Å². The van der Waals surface area contributed by atoms with E-state index in [9.17, 15) is 5.11 Å². The van der Waals surface area contributed by atoms with Crippen molar-refractivity contribution in [3.63, 3.8) is 0 Å². The number of hydrogen-bond donors (Lipinski definition) is 1. The molecule has 0 aromatic heterocycles. The van der Waals surface area contributed by atoms with E-state index in [1.165, 1.54) is 0 Å². The highest BCUT2D eigenvalue weighted by Crippen LogP contribution is 2.49. The number of aliphatic hydroxyl groups is 1. The Kier molecular flexibility index (Phi) is 2.67. The predicted molar refractivity (Wildman–Crippen MR) is 56.5 cm³/mol. The van der Waals surface area contributed by atoms with Gasteiger partial charge >= 0.3 is 0 Å². The van der Waals surface area contributed by atoms with E-state index in [0.717, 1.165) is 12.8 Å². The third-order valence-corrected chi connectivity index (χ3v) is 3.03. The van der Waals surface area contributed by atoms with Crippen LogP contribution in [0.3, 0.4) is 0 Å². The Morgan fingerprint density at radius 1 is 1.46 bits per heavy atom. The zero-order valence-electron chi connectivity index (χ0n) is 8.71. The maximum atomic E-state index is 10.3. The summed E-state index contributed by atoms with van der Waals surface area (Å²) in [6.07, 6.45) is 6.24. The SMILES string of the molecule is C=CCC1(O)CC(C)(C)CC1C=C. The highest BCUT2D eigenvalue weighted by molar-refractivity contribution is 5.08. The highest BCUT2D eigenvalue weighted by atomic mass is 16.3. The van der Waals surface area contributed by atoms with Crippen molar-refractivity contribution < 1.29 is 5.11 Å². The van der Waals surface area contributed by atoms with Gasteiger partial charge in [0.05, 0.1) is 5.60 Å². The van der Waals surface area contributed by atoms with Gasteiger partial charge in [0.2, 0.25) is 0 Å². The van der Waals surface area contributed by atoms with E-state index in [2.05, 4.69) is 27.0 Å². The molecule has 1 heteroatoms. The molecule has 0 aliphatic heterocycles. The van der Waals surface area contributed by atoms with Crippen molar-refractivity contribution >= 4 is 0 Å². The van der Waals surface area contributed by atoms with Crippen molar-refractivity contribution in [1.29, 1.82) is 0 Å². The van der Waals surface area contributed by atoms with Gasteiger partial charge in [0, 0.05) is 5.92 Å². The maximum absolute atomic E-state index is 10.3. The minimum Gasteiger partial charge on any atom is -0.389 e. The van der Waals surface area contributed by atoms with Gasteiger partial charge in [-0.2, -0.15) is 0 Å². The topological polar surface area (TPSA) is 20.2 Å². The van der Waals surface area contributed by atoms with E-state index in [1.54, 1.807) is 6.08 Å². The summed E-state index contributed by atoms with van der Waals surface area (Å²) in [6.45, 7) is 11.9. The zero-order chi connectivity index (χ0) is 10.1. The summed E-state index contributed by atoms with van der Waals surface area (Å²) in [5.74, 6) is 0.223. The van der Waals surface area contributed by atoms with Gasteiger partial charge in [0.1, 0.15) is 0 Å². The van der Waals surface area contributed by atoms with E-state index in [1.807, 2.05) is 6.08 Å². The van der Waals surface area contributed by atoms with E-state index in [0.29, 0.717) is 6.42 Å². The van der Waals surface area contributed by atoms with Crippen LogP contribution in [0.4, 0.5) is 0 Å². The van der Waals surface area contributed by atoms with Crippen LogP contribution in [0.25, 0.3) is 0 Å². The lowest BCUT2D eigenvalue weighted by atomic mass is 9.86. The Morgan fingerprint density at radius 2 is 2.08 bits per heavy atom. The summed E-state index contributed by atoms with van der Waals surface area (Å²) in [5, 5.41) is 10.3. The lowest BCUT2D eigenvalue weighted by molar-refractivity contribution is 0.0162. The van der Waals surface area contributed by atoms with Crippen LogP contribution in [0.2, 0.25) is 0 Å². The number of hydrogen-bond acceptors (Lipinski definition) is 1. The van der Waals surface area contributed by atoms with Crippen molar-refractivity contribution in [2.45, 2.75) is 38.7 Å². The smallest absolute Gasteiger partial charge is 0.0749 e. The molecule has 0 bridgehead atoms. The fraction of sp³-hybridized carbons (Fsp3) is 0.667. The predicted octanol–water partition coefficient (Wildman–Crippen LogP) is 2.92. The molecule has 0 spiro atoms. The average molecular weight is 180 g/mol. The molecule has 1 fully saturated rings. The molecule has 0 saturated heterocycles. The van der Waals surface area contributed by atoms with Crippen LogP contribution in [0.5, 0.6) is 0 Å². The molecular formula is C12H20O. The number of rotatable bonds is 3. The summed E-state index contributed by atoms with van der Waals surface area (Å²) in [6, 6.07) is 0. The van der Waals surface area contributed by atoms with Crippen molar-refractivity contribution in [3.05, 3.63) is 25.3 Å². The molecular weight excluding hydrogens is 160 g/mol. The third kappa shape index (κ3) is 2.02. The Bertz CT molecular complexity index is 217. The second-order valence-electron chi connectivity index (χ2n) is 4.98. The second kappa shape index (κ2) is 3.30. The van der Waals surface area contributed by atoms with E-state index < -0.39 is 5.60 Å². The fourth-order valence-electron chi connectivity index (χ4n) is 2.59. The molecule has 0 amide bonds. The summed E-state index contributed by atoms with van der Waals surface area (Å²) in [5.41, 5.74) is -0.358. The normalized spacial score (nSPS) is 37.3. The minimum absolute atomic E-state index is 0.223. The molecule has 74 valence electrons. The first-order valence-corrected chi connectivity index (χ1v) is 4.89. The summed E-state index contributed by atoms with van der Waals surface area (Å²) < 4.78 is 0. The average Bonchev–Trinajstić information content (AvgIpc) is 2.21. The van der Waals surface area contributed by atoms with E-state index >= 15 is 0 Å². The van der Waals surface area contributed by atoms with Crippen LogP contribution < -0.4 is 0 Å². The van der Waals surface area contributed by atoms with Crippen molar-refractivity contribution in [1.82, 2.24) is 0 Å². The first-order valence-electron chi connectivity index (χ1n) is 4.89. The molecule has 2 unspecified atom stereocenters.